The topological polar surface area (TPSA) is 151 Å². The molecule has 0 aliphatic rings. The minimum Gasteiger partial charge on any atom is -0.497 e. The number of ether oxygens (including phenoxy) is 1. The zero-order chi connectivity index (χ0) is 17.3. The molecule has 0 unspecified atom stereocenters. The number of aromatic nitrogens is 4. The molecule has 0 bridgehead atoms. The first kappa shape index (κ1) is 15.2. The standard InChI is InChI=1S/C14H13N7O3/c1-24-8-4-2-3-7(5-8)18-14(23)9-11(15)21-6-17-10(12(16)22)13(21)20-19-9/h2-6H,15H2,1H3,(H2,16,22)(H,18,23). The number of anilines is 2. The first-order chi connectivity index (χ1) is 11.5. The summed E-state index contributed by atoms with van der Waals surface area (Å²) in [5.74, 6) is -0.757. The number of benzene rings is 1. The van der Waals surface area contributed by atoms with Crippen LogP contribution < -0.4 is 21.5 Å². The fourth-order valence-electron chi connectivity index (χ4n) is 2.10. The van der Waals surface area contributed by atoms with Gasteiger partial charge in [-0.1, -0.05) is 6.07 Å². The number of rotatable bonds is 4. The van der Waals surface area contributed by atoms with Crippen LogP contribution in [-0.4, -0.2) is 38.5 Å². The van der Waals surface area contributed by atoms with Gasteiger partial charge >= 0.3 is 0 Å². The quantitative estimate of drug-likeness (QED) is 0.613. The Hall–Kier alpha value is -3.69. The average molecular weight is 327 g/mol. The molecule has 0 saturated carbocycles. The van der Waals surface area contributed by atoms with Crippen molar-refractivity contribution in [1.29, 1.82) is 0 Å². The lowest BCUT2D eigenvalue weighted by Gasteiger charge is -2.08. The fourth-order valence-corrected chi connectivity index (χ4v) is 2.10. The van der Waals surface area contributed by atoms with Gasteiger partial charge in [0.1, 0.15) is 17.9 Å². The van der Waals surface area contributed by atoms with Gasteiger partial charge in [0.25, 0.3) is 11.8 Å². The lowest BCUT2D eigenvalue weighted by atomic mass is 10.3. The second-order valence-corrected chi connectivity index (χ2v) is 4.77. The summed E-state index contributed by atoms with van der Waals surface area (Å²) in [6.07, 6.45) is 1.25. The Morgan fingerprint density at radius 3 is 2.75 bits per heavy atom. The average Bonchev–Trinajstić information content (AvgIpc) is 3.00. The summed E-state index contributed by atoms with van der Waals surface area (Å²) in [7, 11) is 1.52. The number of imidazole rings is 1. The monoisotopic (exact) mass is 327 g/mol. The second-order valence-electron chi connectivity index (χ2n) is 4.77. The molecule has 5 N–H and O–H groups in total. The van der Waals surface area contributed by atoms with Crippen LogP contribution in [0, 0.1) is 0 Å². The summed E-state index contributed by atoms with van der Waals surface area (Å²) in [6.45, 7) is 0. The number of nitrogens with two attached hydrogens (primary N) is 2. The lowest BCUT2D eigenvalue weighted by Crippen LogP contribution is -2.19. The molecule has 0 saturated heterocycles. The van der Waals surface area contributed by atoms with Crippen LogP contribution >= 0.6 is 0 Å². The summed E-state index contributed by atoms with van der Waals surface area (Å²) >= 11 is 0. The molecular formula is C14H13N7O3. The van der Waals surface area contributed by atoms with Crippen LogP contribution in [0.15, 0.2) is 30.6 Å². The van der Waals surface area contributed by atoms with Gasteiger partial charge in [0, 0.05) is 11.8 Å². The maximum atomic E-state index is 12.4. The molecule has 2 heterocycles. The van der Waals surface area contributed by atoms with E-state index >= 15 is 0 Å². The highest BCUT2D eigenvalue weighted by Crippen LogP contribution is 2.19. The number of nitrogens with zero attached hydrogens (tertiary/aromatic N) is 4. The van der Waals surface area contributed by atoms with Gasteiger partial charge in [-0.2, -0.15) is 0 Å². The maximum absolute atomic E-state index is 12.4. The van der Waals surface area contributed by atoms with E-state index in [2.05, 4.69) is 20.5 Å². The van der Waals surface area contributed by atoms with Crippen molar-refractivity contribution in [3.05, 3.63) is 42.0 Å². The van der Waals surface area contributed by atoms with Crippen LogP contribution in [0.25, 0.3) is 5.65 Å². The van der Waals surface area contributed by atoms with Crippen LogP contribution in [0.3, 0.4) is 0 Å². The van der Waals surface area contributed by atoms with Crippen LogP contribution in [0.2, 0.25) is 0 Å². The van der Waals surface area contributed by atoms with E-state index in [0.29, 0.717) is 11.4 Å². The Morgan fingerprint density at radius 2 is 2.04 bits per heavy atom. The highest BCUT2D eigenvalue weighted by atomic mass is 16.5. The molecule has 1 aromatic carbocycles. The van der Waals surface area contributed by atoms with Crippen molar-refractivity contribution in [3.8, 4) is 5.75 Å². The minimum absolute atomic E-state index is 0.0135. The van der Waals surface area contributed by atoms with Gasteiger partial charge in [-0.05, 0) is 12.1 Å². The van der Waals surface area contributed by atoms with E-state index < -0.39 is 11.8 Å². The van der Waals surface area contributed by atoms with E-state index in [-0.39, 0.29) is 22.9 Å². The largest absolute Gasteiger partial charge is 0.497 e. The van der Waals surface area contributed by atoms with Gasteiger partial charge in [0.15, 0.2) is 17.0 Å². The number of carbonyl (C=O) groups excluding carboxylic acids is 2. The van der Waals surface area contributed by atoms with E-state index in [9.17, 15) is 9.59 Å². The van der Waals surface area contributed by atoms with E-state index in [1.807, 2.05) is 0 Å². The van der Waals surface area contributed by atoms with Crippen molar-refractivity contribution in [3.63, 3.8) is 0 Å². The Labute approximate surface area is 135 Å². The zero-order valence-corrected chi connectivity index (χ0v) is 12.6. The molecule has 0 aliphatic heterocycles. The van der Waals surface area contributed by atoms with Gasteiger partial charge in [-0.15, -0.1) is 10.2 Å². The number of fused-ring (bicyclic) bond motifs is 1. The first-order valence-electron chi connectivity index (χ1n) is 6.75. The SMILES string of the molecule is COc1cccc(NC(=O)c2nnc3c(C(N)=O)ncn3c2N)c1. The third-order valence-electron chi connectivity index (χ3n) is 3.27. The second kappa shape index (κ2) is 5.83. The zero-order valence-electron chi connectivity index (χ0n) is 12.6. The highest BCUT2D eigenvalue weighted by molar-refractivity contribution is 6.06. The summed E-state index contributed by atoms with van der Waals surface area (Å²) < 4.78 is 6.36. The van der Waals surface area contributed by atoms with Gasteiger partial charge in [0.05, 0.1) is 7.11 Å². The van der Waals surface area contributed by atoms with Gasteiger partial charge < -0.3 is 21.5 Å². The Kier molecular flexibility index (Phi) is 3.70. The highest BCUT2D eigenvalue weighted by Gasteiger charge is 2.20. The molecule has 0 fully saturated rings. The van der Waals surface area contributed by atoms with E-state index in [1.165, 1.54) is 17.8 Å². The number of hydrogen-bond acceptors (Lipinski definition) is 7. The fraction of sp³-hybridized carbons (Fsp3) is 0.0714. The molecule has 3 aromatic rings. The van der Waals surface area contributed by atoms with E-state index in [1.54, 1.807) is 24.3 Å². The smallest absolute Gasteiger partial charge is 0.279 e. The Morgan fingerprint density at radius 1 is 1.25 bits per heavy atom. The predicted molar refractivity (Wildman–Crippen MR) is 84.7 cm³/mol. The van der Waals surface area contributed by atoms with Crippen molar-refractivity contribution < 1.29 is 14.3 Å². The van der Waals surface area contributed by atoms with Crippen LogP contribution in [0.1, 0.15) is 21.0 Å². The third-order valence-corrected chi connectivity index (χ3v) is 3.27. The Balaban J connectivity index is 1.95. The normalized spacial score (nSPS) is 10.5. The summed E-state index contributed by atoms with van der Waals surface area (Å²) in [4.78, 5) is 27.4. The molecular weight excluding hydrogens is 314 g/mol. The predicted octanol–water partition coefficient (Wildman–Crippen LogP) is 0.0663. The third kappa shape index (κ3) is 2.56. The van der Waals surface area contributed by atoms with Crippen LogP contribution in [0.5, 0.6) is 5.75 Å². The van der Waals surface area contributed by atoms with E-state index in [0.717, 1.165) is 0 Å². The molecule has 3 rings (SSSR count). The maximum Gasteiger partial charge on any atom is 0.279 e. The molecule has 0 atom stereocenters. The van der Waals surface area contributed by atoms with E-state index in [4.69, 9.17) is 16.2 Å². The number of amides is 2. The van der Waals surface area contributed by atoms with Crippen molar-refractivity contribution in [2.24, 2.45) is 5.73 Å². The molecule has 2 aromatic heterocycles. The summed E-state index contributed by atoms with van der Waals surface area (Å²) in [6, 6.07) is 6.79. The molecule has 10 heteroatoms. The number of nitrogen functional groups attached to an aromatic ring is 1. The number of nitrogens with one attached hydrogen (secondary N) is 1. The van der Waals surface area contributed by atoms with Gasteiger partial charge in [-0.3, -0.25) is 14.0 Å². The molecule has 0 spiro atoms. The minimum atomic E-state index is -0.764. The van der Waals surface area contributed by atoms with Crippen LogP contribution in [-0.2, 0) is 0 Å². The van der Waals surface area contributed by atoms with Crippen LogP contribution in [0.4, 0.5) is 11.5 Å². The molecule has 122 valence electrons. The van der Waals surface area contributed by atoms with Crippen molar-refractivity contribution in [2.45, 2.75) is 0 Å². The summed E-state index contributed by atoms with van der Waals surface area (Å²) in [5, 5.41) is 10.2. The molecule has 24 heavy (non-hydrogen) atoms. The number of hydrogen-bond donors (Lipinski definition) is 3. The first-order valence-corrected chi connectivity index (χ1v) is 6.75. The van der Waals surface area contributed by atoms with Crippen molar-refractivity contribution >= 4 is 29.0 Å². The molecule has 0 aliphatic carbocycles. The number of carbonyl (C=O) groups is 2. The molecule has 0 radical (unpaired) electrons. The van der Waals surface area contributed by atoms with Gasteiger partial charge in [-0.25, -0.2) is 4.98 Å². The molecule has 2 amide bonds. The van der Waals surface area contributed by atoms with Gasteiger partial charge in [0.2, 0.25) is 0 Å². The number of methoxy groups -OCH3 is 1. The molecule has 10 nitrogen and oxygen atoms in total. The van der Waals surface area contributed by atoms with Crippen molar-refractivity contribution in [1.82, 2.24) is 19.6 Å². The lowest BCUT2D eigenvalue weighted by molar-refractivity contribution is 0.0995. The Bertz CT molecular complexity index is 951. The van der Waals surface area contributed by atoms with Crippen molar-refractivity contribution in [2.75, 3.05) is 18.2 Å². The number of primary amides is 1. The summed E-state index contributed by atoms with van der Waals surface area (Å²) in [5.41, 5.74) is 11.5.